The summed E-state index contributed by atoms with van der Waals surface area (Å²) < 4.78 is 5.07. The lowest BCUT2D eigenvalue weighted by atomic mass is 10.2. The quantitative estimate of drug-likeness (QED) is 0.881. The van der Waals surface area contributed by atoms with Gasteiger partial charge in [0, 0.05) is 10.9 Å². The molecule has 0 spiro atoms. The standard InChI is InChI=1S/C12H12N2O3S/c1-17-8-4-2-7(3-5-8)11-14-9(6-18-11)10(13)12(15)16/h2-6,10H,13H2,1H3,(H,15,16). The highest BCUT2D eigenvalue weighted by molar-refractivity contribution is 7.13. The molecule has 3 N–H and O–H groups in total. The van der Waals surface area contributed by atoms with Crippen molar-refractivity contribution in [1.82, 2.24) is 4.98 Å². The van der Waals surface area contributed by atoms with Crippen LogP contribution in [0.4, 0.5) is 0 Å². The lowest BCUT2D eigenvalue weighted by Crippen LogP contribution is -2.20. The number of methoxy groups -OCH3 is 1. The molecule has 0 bridgehead atoms. The molecule has 18 heavy (non-hydrogen) atoms. The van der Waals surface area contributed by atoms with Crippen LogP contribution in [0.25, 0.3) is 10.6 Å². The van der Waals surface area contributed by atoms with Gasteiger partial charge in [0.2, 0.25) is 0 Å². The van der Waals surface area contributed by atoms with Gasteiger partial charge >= 0.3 is 5.97 Å². The van der Waals surface area contributed by atoms with Crippen molar-refractivity contribution in [3.05, 3.63) is 35.3 Å². The summed E-state index contributed by atoms with van der Waals surface area (Å²) in [6.45, 7) is 0. The van der Waals surface area contributed by atoms with Crippen LogP contribution in [0.2, 0.25) is 0 Å². The summed E-state index contributed by atoms with van der Waals surface area (Å²) in [6, 6.07) is 6.32. The van der Waals surface area contributed by atoms with Crippen LogP contribution >= 0.6 is 11.3 Å². The molecule has 0 amide bonds. The van der Waals surface area contributed by atoms with Gasteiger partial charge in [0.15, 0.2) is 0 Å². The summed E-state index contributed by atoms with van der Waals surface area (Å²) in [5.74, 6) is -0.320. The first-order chi connectivity index (χ1) is 8.61. The van der Waals surface area contributed by atoms with Gasteiger partial charge in [-0.15, -0.1) is 11.3 Å². The third kappa shape index (κ3) is 2.49. The Bertz CT molecular complexity index is 551. The Morgan fingerprint density at radius 2 is 2.11 bits per heavy atom. The molecule has 0 aliphatic carbocycles. The average Bonchev–Trinajstić information content (AvgIpc) is 2.87. The summed E-state index contributed by atoms with van der Waals surface area (Å²) in [5.41, 5.74) is 6.78. The van der Waals surface area contributed by atoms with Crippen LogP contribution in [-0.2, 0) is 4.79 Å². The Labute approximate surface area is 108 Å². The number of benzene rings is 1. The van der Waals surface area contributed by atoms with Crippen molar-refractivity contribution in [3.63, 3.8) is 0 Å². The number of ether oxygens (including phenoxy) is 1. The molecule has 2 aromatic rings. The molecular weight excluding hydrogens is 252 g/mol. The number of nitrogens with zero attached hydrogens (tertiary/aromatic N) is 1. The van der Waals surface area contributed by atoms with Gasteiger partial charge in [-0.3, -0.25) is 4.79 Å². The minimum absolute atomic E-state index is 0.373. The zero-order valence-electron chi connectivity index (χ0n) is 9.66. The van der Waals surface area contributed by atoms with E-state index in [1.54, 1.807) is 12.5 Å². The summed E-state index contributed by atoms with van der Waals surface area (Å²) in [4.78, 5) is 15.0. The highest BCUT2D eigenvalue weighted by Gasteiger charge is 2.17. The van der Waals surface area contributed by atoms with Crippen LogP contribution in [0.15, 0.2) is 29.6 Å². The molecule has 0 fully saturated rings. The summed E-state index contributed by atoms with van der Waals surface area (Å²) in [7, 11) is 1.60. The number of carboxylic acids is 1. The Balaban J connectivity index is 2.26. The van der Waals surface area contributed by atoms with Crippen LogP contribution in [0.1, 0.15) is 11.7 Å². The smallest absolute Gasteiger partial charge is 0.326 e. The Morgan fingerprint density at radius 1 is 1.44 bits per heavy atom. The van der Waals surface area contributed by atoms with Gasteiger partial charge in [0.25, 0.3) is 0 Å². The number of aliphatic carboxylic acids is 1. The lowest BCUT2D eigenvalue weighted by molar-refractivity contribution is -0.138. The Kier molecular flexibility index (Phi) is 3.59. The minimum Gasteiger partial charge on any atom is -0.497 e. The zero-order chi connectivity index (χ0) is 13.1. The summed E-state index contributed by atoms with van der Waals surface area (Å²) in [6.07, 6.45) is 0. The molecule has 0 aliphatic heterocycles. The van der Waals surface area contributed by atoms with Crippen LogP contribution in [0.3, 0.4) is 0 Å². The lowest BCUT2D eigenvalue weighted by Gasteiger charge is -2.02. The van der Waals surface area contributed by atoms with Crippen molar-refractivity contribution < 1.29 is 14.6 Å². The molecule has 1 heterocycles. The number of aromatic nitrogens is 1. The number of carbonyl (C=O) groups is 1. The summed E-state index contributed by atoms with van der Waals surface area (Å²) in [5, 5.41) is 11.2. The number of hydrogen-bond acceptors (Lipinski definition) is 5. The van der Waals surface area contributed by atoms with Crippen molar-refractivity contribution in [2.24, 2.45) is 5.73 Å². The minimum atomic E-state index is -1.08. The molecule has 94 valence electrons. The number of thiazole rings is 1. The summed E-state index contributed by atoms with van der Waals surface area (Å²) >= 11 is 1.37. The molecule has 0 saturated carbocycles. The van der Waals surface area contributed by atoms with Gasteiger partial charge in [0.1, 0.15) is 16.8 Å². The van der Waals surface area contributed by atoms with E-state index >= 15 is 0 Å². The molecule has 2 rings (SSSR count). The fraction of sp³-hybridized carbons (Fsp3) is 0.167. The van der Waals surface area contributed by atoms with E-state index in [4.69, 9.17) is 15.6 Å². The third-order valence-electron chi connectivity index (χ3n) is 2.44. The van der Waals surface area contributed by atoms with Crippen molar-refractivity contribution in [2.75, 3.05) is 7.11 Å². The Hall–Kier alpha value is -1.92. The molecular formula is C12H12N2O3S. The highest BCUT2D eigenvalue weighted by Crippen LogP contribution is 2.27. The molecule has 1 unspecified atom stereocenters. The molecule has 6 heteroatoms. The van der Waals surface area contributed by atoms with E-state index in [-0.39, 0.29) is 0 Å². The first-order valence-corrected chi connectivity index (χ1v) is 6.08. The SMILES string of the molecule is COc1ccc(-c2nc(C(N)C(=O)O)cs2)cc1. The first kappa shape index (κ1) is 12.5. The van der Waals surface area contributed by atoms with Gasteiger partial charge in [-0.05, 0) is 24.3 Å². The van der Waals surface area contributed by atoms with Crippen LogP contribution < -0.4 is 10.5 Å². The molecule has 1 atom stereocenters. The van der Waals surface area contributed by atoms with Crippen molar-refractivity contribution in [1.29, 1.82) is 0 Å². The van der Waals surface area contributed by atoms with Gasteiger partial charge in [-0.1, -0.05) is 0 Å². The fourth-order valence-corrected chi connectivity index (χ4v) is 2.28. The third-order valence-corrected chi connectivity index (χ3v) is 3.35. The number of hydrogen-bond donors (Lipinski definition) is 2. The Morgan fingerprint density at radius 3 is 2.67 bits per heavy atom. The fourth-order valence-electron chi connectivity index (χ4n) is 1.42. The predicted molar refractivity (Wildman–Crippen MR) is 68.7 cm³/mol. The first-order valence-electron chi connectivity index (χ1n) is 5.20. The van der Waals surface area contributed by atoms with Gasteiger partial charge in [-0.2, -0.15) is 0 Å². The van der Waals surface area contributed by atoms with E-state index in [1.807, 2.05) is 24.3 Å². The monoisotopic (exact) mass is 264 g/mol. The van der Waals surface area contributed by atoms with E-state index < -0.39 is 12.0 Å². The number of rotatable bonds is 4. The van der Waals surface area contributed by atoms with Gasteiger partial charge < -0.3 is 15.6 Å². The average molecular weight is 264 g/mol. The van der Waals surface area contributed by atoms with E-state index in [1.165, 1.54) is 11.3 Å². The van der Waals surface area contributed by atoms with Gasteiger partial charge in [0.05, 0.1) is 12.8 Å². The van der Waals surface area contributed by atoms with E-state index in [0.717, 1.165) is 16.3 Å². The molecule has 1 aromatic carbocycles. The van der Waals surface area contributed by atoms with Crippen LogP contribution in [0, 0.1) is 0 Å². The molecule has 0 radical (unpaired) electrons. The zero-order valence-corrected chi connectivity index (χ0v) is 10.5. The van der Waals surface area contributed by atoms with Crippen molar-refractivity contribution in [2.45, 2.75) is 6.04 Å². The predicted octanol–water partition coefficient (Wildman–Crippen LogP) is 1.90. The van der Waals surface area contributed by atoms with Gasteiger partial charge in [-0.25, -0.2) is 4.98 Å². The molecule has 1 aromatic heterocycles. The maximum atomic E-state index is 10.8. The van der Waals surface area contributed by atoms with E-state index in [0.29, 0.717) is 5.69 Å². The van der Waals surface area contributed by atoms with E-state index in [9.17, 15) is 4.79 Å². The molecule has 0 saturated heterocycles. The second-order valence-corrected chi connectivity index (χ2v) is 4.48. The largest absolute Gasteiger partial charge is 0.497 e. The number of carboxylic acid groups (broad SMARTS) is 1. The maximum Gasteiger partial charge on any atom is 0.326 e. The van der Waals surface area contributed by atoms with Crippen molar-refractivity contribution in [3.8, 4) is 16.3 Å². The van der Waals surface area contributed by atoms with Crippen LogP contribution in [-0.4, -0.2) is 23.2 Å². The molecule has 0 aliphatic rings. The van der Waals surface area contributed by atoms with Crippen molar-refractivity contribution >= 4 is 17.3 Å². The molecule has 5 nitrogen and oxygen atoms in total. The maximum absolute atomic E-state index is 10.8. The highest BCUT2D eigenvalue weighted by atomic mass is 32.1. The van der Waals surface area contributed by atoms with E-state index in [2.05, 4.69) is 4.98 Å². The second-order valence-electron chi connectivity index (χ2n) is 3.62. The van der Waals surface area contributed by atoms with Crippen LogP contribution in [0.5, 0.6) is 5.75 Å². The second kappa shape index (κ2) is 5.16. The topological polar surface area (TPSA) is 85.4 Å². The number of nitrogens with two attached hydrogens (primary N) is 1. The normalized spacial score (nSPS) is 12.1.